The van der Waals surface area contributed by atoms with Crippen LogP contribution in [0.4, 0.5) is 8.78 Å². The molecule has 0 saturated carbocycles. The second-order valence-electron chi connectivity index (χ2n) is 4.22. The van der Waals surface area contributed by atoms with Crippen molar-refractivity contribution in [2.45, 2.75) is 12.4 Å². The summed E-state index contributed by atoms with van der Waals surface area (Å²) in [4.78, 5) is 4.11. The topological polar surface area (TPSA) is 43.6 Å². The van der Waals surface area contributed by atoms with Gasteiger partial charge in [-0.05, 0) is 18.2 Å². The van der Waals surface area contributed by atoms with Crippen LogP contribution >= 0.6 is 11.6 Å². The number of fused-ring (bicyclic) bond motifs is 1. The largest absolute Gasteiger partial charge is 0.321 e. The number of rotatable bonds is 3. The number of benzene rings is 1. The summed E-state index contributed by atoms with van der Waals surface area (Å²) in [6.07, 6.45) is 1.55. The molecule has 0 fully saturated rings. The van der Waals surface area contributed by atoms with Gasteiger partial charge in [0.2, 0.25) is 0 Å². The third-order valence-electron chi connectivity index (χ3n) is 2.92. The Labute approximate surface area is 118 Å². The maximum atomic E-state index is 13.7. The lowest BCUT2D eigenvalue weighted by molar-refractivity contribution is 0.590. The van der Waals surface area contributed by atoms with Gasteiger partial charge in [0.1, 0.15) is 17.2 Å². The summed E-state index contributed by atoms with van der Waals surface area (Å²) in [7, 11) is 0. The van der Waals surface area contributed by atoms with Crippen molar-refractivity contribution in [2.24, 2.45) is 0 Å². The molecule has 0 aliphatic heterocycles. The minimum Gasteiger partial charge on any atom is -0.321 e. The molecule has 0 atom stereocenters. The summed E-state index contributed by atoms with van der Waals surface area (Å²) in [5.41, 5.74) is 1.11. The van der Waals surface area contributed by atoms with Crippen molar-refractivity contribution in [1.82, 2.24) is 19.7 Å². The second-order valence-corrected chi connectivity index (χ2v) is 4.49. The number of halogens is 3. The third kappa shape index (κ3) is 2.22. The van der Waals surface area contributed by atoms with E-state index in [1.165, 1.54) is 6.07 Å². The van der Waals surface area contributed by atoms with Gasteiger partial charge in [0.25, 0.3) is 0 Å². The Bertz CT molecular complexity index is 758. The van der Waals surface area contributed by atoms with Crippen LogP contribution in [0.25, 0.3) is 11.0 Å². The normalized spacial score (nSPS) is 11.2. The van der Waals surface area contributed by atoms with Crippen molar-refractivity contribution < 1.29 is 8.78 Å². The first-order valence-electron chi connectivity index (χ1n) is 5.85. The minimum absolute atomic E-state index is 0.0933. The molecule has 0 N–H and O–H groups in total. The Morgan fingerprint density at radius 3 is 2.80 bits per heavy atom. The summed E-state index contributed by atoms with van der Waals surface area (Å²) in [5.74, 6) is -0.812. The number of aromatic nitrogens is 4. The van der Waals surface area contributed by atoms with Crippen LogP contribution in [0.3, 0.4) is 0 Å². The molecule has 0 spiro atoms. The molecule has 0 bridgehead atoms. The average molecular weight is 295 g/mol. The lowest BCUT2D eigenvalue weighted by Gasteiger charge is -2.06. The van der Waals surface area contributed by atoms with E-state index in [4.69, 9.17) is 11.6 Å². The van der Waals surface area contributed by atoms with Crippen LogP contribution < -0.4 is 0 Å². The van der Waals surface area contributed by atoms with Gasteiger partial charge < -0.3 is 4.57 Å². The predicted octanol–water partition coefficient (Wildman–Crippen LogP) is 2.89. The fourth-order valence-electron chi connectivity index (χ4n) is 2.06. The van der Waals surface area contributed by atoms with Crippen LogP contribution in [0.15, 0.2) is 30.5 Å². The maximum Gasteiger partial charge on any atom is 0.153 e. The van der Waals surface area contributed by atoms with Gasteiger partial charge >= 0.3 is 0 Å². The van der Waals surface area contributed by atoms with E-state index in [-0.39, 0.29) is 11.4 Å². The van der Waals surface area contributed by atoms with Gasteiger partial charge in [-0.1, -0.05) is 0 Å². The van der Waals surface area contributed by atoms with E-state index in [0.29, 0.717) is 23.6 Å². The first-order valence-corrected chi connectivity index (χ1v) is 6.39. The second kappa shape index (κ2) is 5.13. The quantitative estimate of drug-likeness (QED) is 0.698. The molecule has 2 aromatic heterocycles. The highest BCUT2D eigenvalue weighted by Gasteiger charge is 2.15. The molecule has 0 unspecified atom stereocenters. The number of imidazole rings is 1. The van der Waals surface area contributed by atoms with Gasteiger partial charge in [0.05, 0.1) is 23.6 Å². The highest BCUT2D eigenvalue weighted by Crippen LogP contribution is 2.22. The Balaban J connectivity index is 2.17. The zero-order valence-electron chi connectivity index (χ0n) is 10.2. The molecule has 1 aromatic carbocycles. The highest BCUT2D eigenvalue weighted by molar-refractivity contribution is 6.16. The van der Waals surface area contributed by atoms with Crippen LogP contribution in [0, 0.1) is 11.6 Å². The van der Waals surface area contributed by atoms with Crippen LogP contribution in [0.2, 0.25) is 0 Å². The molecule has 4 nitrogen and oxygen atoms in total. The minimum atomic E-state index is -0.704. The zero-order chi connectivity index (χ0) is 14.1. The van der Waals surface area contributed by atoms with Crippen molar-refractivity contribution in [1.29, 1.82) is 0 Å². The van der Waals surface area contributed by atoms with Crippen molar-refractivity contribution in [2.75, 3.05) is 0 Å². The summed E-state index contributed by atoms with van der Waals surface area (Å²) in [6, 6.07) is 5.55. The number of hydrogen-bond donors (Lipinski definition) is 0. The summed E-state index contributed by atoms with van der Waals surface area (Å²) >= 11 is 5.83. The van der Waals surface area contributed by atoms with Crippen LogP contribution in [-0.2, 0) is 12.4 Å². The number of nitrogens with zero attached hydrogens (tertiary/aromatic N) is 4. The molecule has 102 valence electrons. The fourth-order valence-corrected chi connectivity index (χ4v) is 2.26. The van der Waals surface area contributed by atoms with Gasteiger partial charge in [0, 0.05) is 12.3 Å². The van der Waals surface area contributed by atoms with Crippen molar-refractivity contribution in [3.05, 3.63) is 53.6 Å². The lowest BCUT2D eigenvalue weighted by atomic mass is 10.3. The molecule has 0 amide bonds. The lowest BCUT2D eigenvalue weighted by Crippen LogP contribution is -2.06. The molecule has 0 aliphatic carbocycles. The molecule has 0 aliphatic rings. The Kier molecular flexibility index (Phi) is 3.31. The third-order valence-corrected chi connectivity index (χ3v) is 3.16. The smallest absolute Gasteiger partial charge is 0.153 e. The summed E-state index contributed by atoms with van der Waals surface area (Å²) in [6.45, 7) is 0.301. The molecular formula is C13H9ClF2N4. The highest BCUT2D eigenvalue weighted by atomic mass is 35.5. The first kappa shape index (κ1) is 12.9. The SMILES string of the molecule is Fc1cc(F)c2nc(CCl)n(Cc3cccnn3)c2c1. The Hall–Kier alpha value is -2.08. The summed E-state index contributed by atoms with van der Waals surface area (Å²) < 4.78 is 28.8. The molecular weight excluding hydrogens is 286 g/mol. The van der Waals surface area contributed by atoms with Crippen molar-refractivity contribution in [3.63, 3.8) is 0 Å². The Morgan fingerprint density at radius 2 is 2.10 bits per heavy atom. The van der Waals surface area contributed by atoms with E-state index in [1.807, 2.05) is 0 Å². The van der Waals surface area contributed by atoms with E-state index in [2.05, 4.69) is 15.2 Å². The van der Waals surface area contributed by atoms with E-state index in [0.717, 1.165) is 6.07 Å². The van der Waals surface area contributed by atoms with Gasteiger partial charge in [0.15, 0.2) is 5.82 Å². The molecule has 0 saturated heterocycles. The molecule has 0 radical (unpaired) electrons. The van der Waals surface area contributed by atoms with Crippen LogP contribution in [0.5, 0.6) is 0 Å². The molecule has 3 aromatic rings. The molecule has 20 heavy (non-hydrogen) atoms. The summed E-state index contributed by atoms with van der Waals surface area (Å²) in [5, 5.41) is 7.72. The van der Waals surface area contributed by atoms with E-state index >= 15 is 0 Å². The first-order chi connectivity index (χ1) is 9.69. The predicted molar refractivity (Wildman–Crippen MR) is 70.3 cm³/mol. The number of hydrogen-bond acceptors (Lipinski definition) is 3. The van der Waals surface area contributed by atoms with Crippen molar-refractivity contribution >= 4 is 22.6 Å². The van der Waals surface area contributed by atoms with Gasteiger partial charge in [-0.15, -0.1) is 11.6 Å². The molecule has 3 rings (SSSR count). The van der Waals surface area contributed by atoms with E-state index in [9.17, 15) is 8.78 Å². The standard InChI is InChI=1S/C13H9ClF2N4/c14-6-12-18-13-10(16)4-8(15)5-11(13)20(12)7-9-2-1-3-17-19-9/h1-5H,6-7H2. The molecule has 2 heterocycles. The average Bonchev–Trinajstić information content (AvgIpc) is 2.78. The zero-order valence-corrected chi connectivity index (χ0v) is 11.0. The maximum absolute atomic E-state index is 13.7. The van der Waals surface area contributed by atoms with Gasteiger partial charge in [-0.25, -0.2) is 13.8 Å². The van der Waals surface area contributed by atoms with Crippen molar-refractivity contribution in [3.8, 4) is 0 Å². The van der Waals surface area contributed by atoms with Gasteiger partial charge in [-0.2, -0.15) is 10.2 Å². The fraction of sp³-hybridized carbons (Fsp3) is 0.154. The molecule has 7 heteroatoms. The van der Waals surface area contributed by atoms with Crippen LogP contribution in [-0.4, -0.2) is 19.7 Å². The monoisotopic (exact) mass is 294 g/mol. The van der Waals surface area contributed by atoms with E-state index < -0.39 is 11.6 Å². The van der Waals surface area contributed by atoms with Crippen LogP contribution in [0.1, 0.15) is 11.5 Å². The number of alkyl halides is 1. The van der Waals surface area contributed by atoms with E-state index in [1.54, 1.807) is 22.9 Å². The Morgan fingerprint density at radius 1 is 1.25 bits per heavy atom. The van der Waals surface area contributed by atoms with Gasteiger partial charge in [-0.3, -0.25) is 0 Å².